The highest BCUT2D eigenvalue weighted by Gasteiger charge is 2.29. The summed E-state index contributed by atoms with van der Waals surface area (Å²) < 4.78 is 27.4. The maximum atomic E-state index is 12.9. The van der Waals surface area contributed by atoms with Gasteiger partial charge in [-0.15, -0.1) is 0 Å². The second-order valence-electron chi connectivity index (χ2n) is 8.59. The summed E-state index contributed by atoms with van der Waals surface area (Å²) in [5.41, 5.74) is 9.84. The number of pyridine rings is 2. The molecule has 1 aliphatic rings. The van der Waals surface area contributed by atoms with E-state index in [-0.39, 0.29) is 10.8 Å². The molecule has 1 aliphatic heterocycles. The SMILES string of the molecule is CCCc1nc(N)nc2ccc(-c3ccc(N4CCN(S(=O)(=O)c5ccc(Cl)cc5)CC4)nc3)nc12. The minimum atomic E-state index is -3.55. The second-order valence-corrected chi connectivity index (χ2v) is 11.0. The van der Waals surface area contributed by atoms with Gasteiger partial charge < -0.3 is 10.6 Å². The van der Waals surface area contributed by atoms with E-state index in [1.54, 1.807) is 18.3 Å². The van der Waals surface area contributed by atoms with Gasteiger partial charge in [0.2, 0.25) is 16.0 Å². The summed E-state index contributed by atoms with van der Waals surface area (Å²) in [6.07, 6.45) is 3.50. The molecule has 4 heterocycles. The third-order valence-electron chi connectivity index (χ3n) is 6.18. The summed E-state index contributed by atoms with van der Waals surface area (Å²) in [7, 11) is -3.55. The van der Waals surface area contributed by atoms with Crippen LogP contribution in [0, 0.1) is 0 Å². The van der Waals surface area contributed by atoms with Crippen molar-refractivity contribution in [2.45, 2.75) is 24.7 Å². The van der Waals surface area contributed by atoms with Crippen molar-refractivity contribution in [2.24, 2.45) is 0 Å². The fourth-order valence-electron chi connectivity index (χ4n) is 4.30. The van der Waals surface area contributed by atoms with Crippen LogP contribution in [0.1, 0.15) is 19.0 Å². The smallest absolute Gasteiger partial charge is 0.243 e. The zero-order chi connectivity index (χ0) is 25.3. The molecule has 1 saturated heterocycles. The molecule has 0 unspecified atom stereocenters. The Hall–Kier alpha value is -3.34. The van der Waals surface area contributed by atoms with Crippen molar-refractivity contribution in [3.8, 4) is 11.3 Å². The van der Waals surface area contributed by atoms with Crippen molar-refractivity contribution < 1.29 is 8.42 Å². The van der Waals surface area contributed by atoms with Crippen molar-refractivity contribution >= 4 is 44.4 Å². The summed E-state index contributed by atoms with van der Waals surface area (Å²) in [6, 6.07) is 14.0. The Bertz CT molecular complexity index is 1490. The number of sulfonamides is 1. The molecule has 11 heteroatoms. The zero-order valence-electron chi connectivity index (χ0n) is 19.8. The van der Waals surface area contributed by atoms with Gasteiger partial charge in [0.25, 0.3) is 0 Å². The highest BCUT2D eigenvalue weighted by Crippen LogP contribution is 2.25. The van der Waals surface area contributed by atoms with Crippen LogP contribution in [0.2, 0.25) is 5.02 Å². The number of aromatic nitrogens is 4. The van der Waals surface area contributed by atoms with Crippen molar-refractivity contribution in [3.05, 3.63) is 65.4 Å². The lowest BCUT2D eigenvalue weighted by molar-refractivity contribution is 0.384. The van der Waals surface area contributed by atoms with Crippen LogP contribution in [-0.4, -0.2) is 58.8 Å². The molecule has 36 heavy (non-hydrogen) atoms. The fourth-order valence-corrected chi connectivity index (χ4v) is 5.85. The van der Waals surface area contributed by atoms with E-state index in [1.165, 1.54) is 16.4 Å². The van der Waals surface area contributed by atoms with E-state index < -0.39 is 10.0 Å². The van der Waals surface area contributed by atoms with Gasteiger partial charge in [0.1, 0.15) is 11.3 Å². The molecule has 0 spiro atoms. The van der Waals surface area contributed by atoms with Gasteiger partial charge in [-0.3, -0.25) is 0 Å². The summed E-state index contributed by atoms with van der Waals surface area (Å²) in [5, 5.41) is 0.506. The van der Waals surface area contributed by atoms with E-state index >= 15 is 0 Å². The Morgan fingerprint density at radius 3 is 2.36 bits per heavy atom. The summed E-state index contributed by atoms with van der Waals surface area (Å²) >= 11 is 5.90. The van der Waals surface area contributed by atoms with E-state index in [4.69, 9.17) is 22.3 Å². The first-order valence-electron chi connectivity index (χ1n) is 11.8. The maximum absolute atomic E-state index is 12.9. The van der Waals surface area contributed by atoms with Crippen LogP contribution in [0.15, 0.2) is 59.6 Å². The van der Waals surface area contributed by atoms with Crippen LogP contribution in [-0.2, 0) is 16.4 Å². The van der Waals surface area contributed by atoms with Crippen molar-refractivity contribution in [2.75, 3.05) is 36.8 Å². The van der Waals surface area contributed by atoms with Crippen molar-refractivity contribution in [1.29, 1.82) is 0 Å². The summed E-state index contributed by atoms with van der Waals surface area (Å²) in [6.45, 7) is 3.94. The Balaban J connectivity index is 1.30. The minimum absolute atomic E-state index is 0.251. The molecule has 0 saturated carbocycles. The zero-order valence-corrected chi connectivity index (χ0v) is 21.4. The number of hydrogen-bond donors (Lipinski definition) is 1. The first-order chi connectivity index (χ1) is 17.3. The quantitative estimate of drug-likeness (QED) is 0.405. The number of benzene rings is 1. The van der Waals surface area contributed by atoms with Gasteiger partial charge in [0.15, 0.2) is 0 Å². The number of rotatable bonds is 6. The molecule has 0 amide bonds. The van der Waals surface area contributed by atoms with Gasteiger partial charge in [0.05, 0.1) is 21.8 Å². The van der Waals surface area contributed by atoms with Gasteiger partial charge in [-0.05, 0) is 55.0 Å². The Kier molecular flexibility index (Phi) is 6.74. The highest BCUT2D eigenvalue weighted by molar-refractivity contribution is 7.89. The molecule has 0 atom stereocenters. The van der Waals surface area contributed by atoms with Crippen LogP contribution >= 0.6 is 11.6 Å². The predicted molar refractivity (Wildman–Crippen MR) is 141 cm³/mol. The lowest BCUT2D eigenvalue weighted by Gasteiger charge is -2.34. The average molecular weight is 524 g/mol. The number of anilines is 2. The molecule has 5 rings (SSSR count). The standard InChI is InChI=1S/C25H26ClN7O2S/c1-2-3-21-24-22(31-25(27)30-21)10-9-20(29-24)17-4-11-23(28-16-17)32-12-14-33(15-13-32)36(34,35)19-7-5-18(26)6-8-19/h4-11,16H,2-3,12-15H2,1H3,(H2,27,30,31). The molecular weight excluding hydrogens is 498 g/mol. The van der Waals surface area contributed by atoms with E-state index in [9.17, 15) is 8.42 Å². The third-order valence-corrected chi connectivity index (χ3v) is 8.34. The molecule has 0 aliphatic carbocycles. The first kappa shape index (κ1) is 24.4. The Morgan fingerprint density at radius 1 is 0.944 bits per heavy atom. The largest absolute Gasteiger partial charge is 0.368 e. The van der Waals surface area contributed by atoms with Crippen molar-refractivity contribution in [1.82, 2.24) is 24.2 Å². The van der Waals surface area contributed by atoms with Crippen LogP contribution in [0.4, 0.5) is 11.8 Å². The monoisotopic (exact) mass is 523 g/mol. The number of fused-ring (bicyclic) bond motifs is 1. The summed E-state index contributed by atoms with van der Waals surface area (Å²) in [4.78, 5) is 20.5. The first-order valence-corrected chi connectivity index (χ1v) is 13.6. The molecule has 0 bridgehead atoms. The molecule has 1 fully saturated rings. The molecule has 0 radical (unpaired) electrons. The molecule has 1 aromatic carbocycles. The number of nitrogen functional groups attached to an aromatic ring is 1. The van der Waals surface area contributed by atoms with E-state index in [1.807, 2.05) is 24.3 Å². The lowest BCUT2D eigenvalue weighted by atomic mass is 10.1. The second kappa shape index (κ2) is 9.96. The molecule has 3 aromatic heterocycles. The number of halogens is 1. The van der Waals surface area contributed by atoms with E-state index in [2.05, 4.69) is 26.8 Å². The minimum Gasteiger partial charge on any atom is -0.368 e. The molecule has 9 nitrogen and oxygen atoms in total. The van der Waals surface area contributed by atoms with Crippen LogP contribution < -0.4 is 10.6 Å². The topological polar surface area (TPSA) is 118 Å². The molecule has 186 valence electrons. The van der Waals surface area contributed by atoms with Crippen LogP contribution in [0.25, 0.3) is 22.3 Å². The third kappa shape index (κ3) is 4.84. The molecule has 4 aromatic rings. The van der Waals surface area contributed by atoms with Gasteiger partial charge in [0, 0.05) is 43.0 Å². The van der Waals surface area contributed by atoms with Gasteiger partial charge in [-0.25, -0.2) is 28.4 Å². The van der Waals surface area contributed by atoms with Crippen molar-refractivity contribution in [3.63, 3.8) is 0 Å². The number of hydrogen-bond acceptors (Lipinski definition) is 8. The lowest BCUT2D eigenvalue weighted by Crippen LogP contribution is -2.48. The number of nitrogens with zero attached hydrogens (tertiary/aromatic N) is 6. The Labute approximate surface area is 215 Å². The highest BCUT2D eigenvalue weighted by atomic mass is 35.5. The van der Waals surface area contributed by atoms with Gasteiger partial charge >= 0.3 is 0 Å². The normalized spacial score (nSPS) is 14.9. The summed E-state index contributed by atoms with van der Waals surface area (Å²) in [5.74, 6) is 1.05. The fraction of sp³-hybridized carbons (Fsp3) is 0.280. The van der Waals surface area contributed by atoms with E-state index in [0.29, 0.717) is 31.2 Å². The number of nitrogens with two attached hydrogens (primary N) is 1. The number of piperazine rings is 1. The Morgan fingerprint density at radius 2 is 1.69 bits per heavy atom. The van der Waals surface area contributed by atoms with Crippen LogP contribution in [0.5, 0.6) is 0 Å². The maximum Gasteiger partial charge on any atom is 0.243 e. The van der Waals surface area contributed by atoms with Crippen LogP contribution in [0.3, 0.4) is 0 Å². The number of aryl methyl sites for hydroxylation is 1. The van der Waals surface area contributed by atoms with E-state index in [0.717, 1.165) is 46.6 Å². The van der Waals surface area contributed by atoms with Gasteiger partial charge in [-0.2, -0.15) is 4.31 Å². The molecule has 2 N–H and O–H groups in total. The predicted octanol–water partition coefficient (Wildman–Crippen LogP) is 3.79. The van der Waals surface area contributed by atoms with Gasteiger partial charge in [-0.1, -0.05) is 24.9 Å². The average Bonchev–Trinajstić information content (AvgIpc) is 2.89. The molecular formula is C25H26ClN7O2S.